The van der Waals surface area contributed by atoms with E-state index in [0.717, 1.165) is 21.0 Å². The van der Waals surface area contributed by atoms with E-state index in [2.05, 4.69) is 21.2 Å². The molecule has 1 N–H and O–H groups in total. The van der Waals surface area contributed by atoms with Gasteiger partial charge in [-0.2, -0.15) is 0 Å². The molecule has 0 bridgehead atoms. The Kier molecular flexibility index (Phi) is 12.0. The lowest BCUT2D eigenvalue weighted by Crippen LogP contribution is -2.54. The van der Waals surface area contributed by atoms with Gasteiger partial charge in [-0.15, -0.1) is 0 Å². The quantitative estimate of drug-likeness (QED) is 0.161. The molecule has 0 aliphatic heterocycles. The van der Waals surface area contributed by atoms with Crippen molar-refractivity contribution in [2.45, 2.75) is 57.1 Å². The highest BCUT2D eigenvalue weighted by Gasteiger charge is 2.35. The predicted octanol–water partition coefficient (Wildman–Crippen LogP) is 6.52. The molecule has 0 saturated heterocycles. The molecule has 0 aromatic heterocycles. The molecular formula is C36H40BrN3O5S. The zero-order valence-electron chi connectivity index (χ0n) is 26.5. The number of benzene rings is 4. The van der Waals surface area contributed by atoms with Crippen molar-refractivity contribution in [2.24, 2.45) is 0 Å². The van der Waals surface area contributed by atoms with Gasteiger partial charge in [-0.05, 0) is 73.9 Å². The Bertz CT molecular complexity index is 1730. The Morgan fingerprint density at radius 3 is 2.22 bits per heavy atom. The van der Waals surface area contributed by atoms with Crippen molar-refractivity contribution < 1.29 is 22.7 Å². The fourth-order valence-corrected chi connectivity index (χ4v) is 6.75. The number of methoxy groups -OCH3 is 1. The van der Waals surface area contributed by atoms with Crippen LogP contribution >= 0.6 is 15.9 Å². The zero-order chi connectivity index (χ0) is 33.3. The number of rotatable bonds is 14. The second-order valence-electron chi connectivity index (χ2n) is 11.2. The van der Waals surface area contributed by atoms with E-state index in [1.165, 1.54) is 17.0 Å². The molecule has 46 heavy (non-hydrogen) atoms. The summed E-state index contributed by atoms with van der Waals surface area (Å²) in [6.07, 6.45) is 0.944. The van der Waals surface area contributed by atoms with Crippen LogP contribution in [0, 0.1) is 6.92 Å². The van der Waals surface area contributed by atoms with Gasteiger partial charge in [-0.1, -0.05) is 89.1 Å². The Balaban J connectivity index is 1.82. The first-order valence-corrected chi connectivity index (χ1v) is 17.4. The molecule has 4 aromatic rings. The molecule has 0 heterocycles. The molecule has 0 radical (unpaired) electrons. The lowest BCUT2D eigenvalue weighted by molar-refractivity contribution is -0.140. The summed E-state index contributed by atoms with van der Waals surface area (Å²) in [5.41, 5.74) is 2.82. The van der Waals surface area contributed by atoms with E-state index in [1.54, 1.807) is 49.6 Å². The van der Waals surface area contributed by atoms with Gasteiger partial charge in [0.15, 0.2) is 0 Å². The number of hydrogen-bond donors (Lipinski definition) is 1. The Morgan fingerprint density at radius 1 is 0.891 bits per heavy atom. The molecule has 0 aliphatic carbocycles. The molecular weight excluding hydrogens is 666 g/mol. The molecule has 242 valence electrons. The van der Waals surface area contributed by atoms with Crippen LogP contribution in [-0.4, -0.2) is 50.9 Å². The maximum absolute atomic E-state index is 14.6. The third kappa shape index (κ3) is 8.98. The number of halogens is 1. The number of anilines is 1. The normalized spacial score (nSPS) is 12.5. The fourth-order valence-electron chi connectivity index (χ4n) is 4.96. The van der Waals surface area contributed by atoms with E-state index in [0.29, 0.717) is 22.3 Å². The average molecular weight is 707 g/mol. The number of sulfonamides is 1. The summed E-state index contributed by atoms with van der Waals surface area (Å²) in [6, 6.07) is 29.0. The van der Waals surface area contributed by atoms with Crippen LogP contribution in [-0.2, 0) is 32.6 Å². The zero-order valence-corrected chi connectivity index (χ0v) is 28.9. The highest BCUT2D eigenvalue weighted by Crippen LogP contribution is 2.28. The third-order valence-corrected chi connectivity index (χ3v) is 10.0. The van der Waals surface area contributed by atoms with Gasteiger partial charge in [-0.25, -0.2) is 8.42 Å². The molecule has 8 nitrogen and oxygen atoms in total. The molecule has 2 amide bonds. The molecule has 2 unspecified atom stereocenters. The van der Waals surface area contributed by atoms with Gasteiger partial charge >= 0.3 is 0 Å². The summed E-state index contributed by atoms with van der Waals surface area (Å²) in [4.78, 5) is 30.1. The van der Waals surface area contributed by atoms with Gasteiger partial charge in [0, 0.05) is 23.5 Å². The standard InChI is InChI=1S/C36H40BrN3O5S/c1-5-27(3)38-36(42)34(22-28-11-7-6-8-12-28)39(24-29-13-9-16-32(21-29)45-4)35(41)25-40(31-15-10-14-30(37)23-31)46(43,44)33-19-17-26(2)18-20-33/h6-21,23,27,34H,5,22,24-25H2,1-4H3,(H,38,42). The smallest absolute Gasteiger partial charge is 0.264 e. The lowest BCUT2D eigenvalue weighted by atomic mass is 10.0. The van der Waals surface area contributed by atoms with E-state index in [1.807, 2.05) is 69.3 Å². The Labute approximate surface area is 280 Å². The van der Waals surface area contributed by atoms with E-state index >= 15 is 0 Å². The molecule has 0 aliphatic rings. The monoisotopic (exact) mass is 705 g/mol. The first kappa shape index (κ1) is 34.7. The highest BCUT2D eigenvalue weighted by atomic mass is 79.9. The van der Waals surface area contributed by atoms with Crippen molar-refractivity contribution >= 4 is 43.5 Å². The Hall–Kier alpha value is -4.15. The second kappa shape index (κ2) is 15.9. The molecule has 4 aromatic carbocycles. The van der Waals surface area contributed by atoms with Crippen LogP contribution in [0.5, 0.6) is 5.75 Å². The van der Waals surface area contributed by atoms with Gasteiger partial charge in [0.25, 0.3) is 10.0 Å². The summed E-state index contributed by atoms with van der Waals surface area (Å²) in [5, 5.41) is 3.05. The van der Waals surface area contributed by atoms with E-state index < -0.39 is 28.5 Å². The van der Waals surface area contributed by atoms with E-state index in [4.69, 9.17) is 4.74 Å². The maximum Gasteiger partial charge on any atom is 0.264 e. The number of carbonyl (C=O) groups is 2. The van der Waals surface area contributed by atoms with Crippen molar-refractivity contribution in [2.75, 3.05) is 18.0 Å². The van der Waals surface area contributed by atoms with Crippen molar-refractivity contribution in [3.05, 3.63) is 124 Å². The topological polar surface area (TPSA) is 96.0 Å². The van der Waals surface area contributed by atoms with Gasteiger partial charge in [0.1, 0.15) is 18.3 Å². The van der Waals surface area contributed by atoms with Gasteiger partial charge in [0.2, 0.25) is 11.8 Å². The minimum Gasteiger partial charge on any atom is -0.497 e. The summed E-state index contributed by atoms with van der Waals surface area (Å²) >= 11 is 3.44. The van der Waals surface area contributed by atoms with Crippen molar-refractivity contribution in [3.63, 3.8) is 0 Å². The highest BCUT2D eigenvalue weighted by molar-refractivity contribution is 9.10. The van der Waals surface area contributed by atoms with Crippen molar-refractivity contribution in [1.82, 2.24) is 10.2 Å². The van der Waals surface area contributed by atoms with Crippen LogP contribution in [0.4, 0.5) is 5.69 Å². The Morgan fingerprint density at radius 2 is 1.57 bits per heavy atom. The van der Waals surface area contributed by atoms with Crippen molar-refractivity contribution in [1.29, 1.82) is 0 Å². The minimum absolute atomic E-state index is 0.0539. The SMILES string of the molecule is CCC(C)NC(=O)C(Cc1ccccc1)N(Cc1cccc(OC)c1)C(=O)CN(c1cccc(Br)c1)S(=O)(=O)c1ccc(C)cc1. The summed E-state index contributed by atoms with van der Waals surface area (Å²) in [5.74, 6) is -0.241. The van der Waals surface area contributed by atoms with Crippen LogP contribution in [0.15, 0.2) is 112 Å². The van der Waals surface area contributed by atoms with Crippen LogP contribution < -0.4 is 14.4 Å². The summed E-state index contributed by atoms with van der Waals surface area (Å²) in [6.45, 7) is 5.29. The third-order valence-electron chi connectivity index (χ3n) is 7.74. The fraction of sp³-hybridized carbons (Fsp3) is 0.278. The summed E-state index contributed by atoms with van der Waals surface area (Å²) < 4.78 is 35.5. The number of nitrogens with one attached hydrogen (secondary N) is 1. The van der Waals surface area contributed by atoms with E-state index in [9.17, 15) is 18.0 Å². The molecule has 10 heteroatoms. The number of nitrogens with zero attached hydrogens (tertiary/aromatic N) is 2. The number of amides is 2. The minimum atomic E-state index is -4.18. The van der Waals surface area contributed by atoms with Crippen molar-refractivity contribution in [3.8, 4) is 5.75 Å². The van der Waals surface area contributed by atoms with Crippen LogP contribution in [0.1, 0.15) is 37.0 Å². The maximum atomic E-state index is 14.6. The molecule has 0 saturated carbocycles. The van der Waals surface area contributed by atoms with Gasteiger partial charge in [-0.3, -0.25) is 13.9 Å². The number of aryl methyl sites for hydroxylation is 1. The molecule has 4 rings (SSSR count). The summed E-state index contributed by atoms with van der Waals surface area (Å²) in [7, 11) is -2.62. The first-order chi connectivity index (χ1) is 22.0. The largest absolute Gasteiger partial charge is 0.497 e. The molecule has 0 fully saturated rings. The number of ether oxygens (including phenoxy) is 1. The predicted molar refractivity (Wildman–Crippen MR) is 185 cm³/mol. The number of hydrogen-bond acceptors (Lipinski definition) is 5. The van der Waals surface area contributed by atoms with Gasteiger partial charge < -0.3 is 15.0 Å². The van der Waals surface area contributed by atoms with Gasteiger partial charge in [0.05, 0.1) is 17.7 Å². The molecule has 2 atom stereocenters. The van der Waals surface area contributed by atoms with Crippen LogP contribution in [0.3, 0.4) is 0 Å². The number of carbonyl (C=O) groups excluding carboxylic acids is 2. The average Bonchev–Trinajstić information content (AvgIpc) is 3.05. The van der Waals surface area contributed by atoms with Crippen LogP contribution in [0.25, 0.3) is 0 Å². The van der Waals surface area contributed by atoms with E-state index in [-0.39, 0.29) is 29.8 Å². The van der Waals surface area contributed by atoms with Crippen LogP contribution in [0.2, 0.25) is 0 Å². The second-order valence-corrected chi connectivity index (χ2v) is 14.0. The molecule has 0 spiro atoms. The first-order valence-electron chi connectivity index (χ1n) is 15.1. The lowest BCUT2D eigenvalue weighted by Gasteiger charge is -2.34.